The van der Waals surface area contributed by atoms with Crippen molar-refractivity contribution in [3.63, 3.8) is 0 Å². The lowest BCUT2D eigenvalue weighted by Gasteiger charge is -2.30. The van der Waals surface area contributed by atoms with Crippen LogP contribution in [0.2, 0.25) is 5.02 Å². The highest BCUT2D eigenvalue weighted by atomic mass is 35.5. The molecule has 0 spiro atoms. The fraction of sp³-hybridized carbons (Fsp3) is 0.438. The van der Waals surface area contributed by atoms with Gasteiger partial charge in [0.2, 0.25) is 5.95 Å². The Morgan fingerprint density at radius 1 is 1.27 bits per heavy atom. The van der Waals surface area contributed by atoms with Crippen LogP contribution >= 0.6 is 11.6 Å². The van der Waals surface area contributed by atoms with E-state index in [4.69, 9.17) is 11.6 Å². The monoisotopic (exact) mass is 317 g/mol. The molecular formula is C16H20ClN5. The Kier molecular flexibility index (Phi) is 4.43. The van der Waals surface area contributed by atoms with Gasteiger partial charge in [0.1, 0.15) is 0 Å². The summed E-state index contributed by atoms with van der Waals surface area (Å²) in [4.78, 5) is 6.85. The van der Waals surface area contributed by atoms with Gasteiger partial charge in [0.05, 0.1) is 6.20 Å². The quantitative estimate of drug-likeness (QED) is 0.932. The second-order valence-corrected chi connectivity index (χ2v) is 6.25. The van der Waals surface area contributed by atoms with E-state index >= 15 is 0 Å². The van der Waals surface area contributed by atoms with Crippen molar-refractivity contribution < 1.29 is 0 Å². The zero-order valence-corrected chi connectivity index (χ0v) is 13.6. The minimum absolute atomic E-state index is 0.501. The first-order chi connectivity index (χ1) is 10.6. The van der Waals surface area contributed by atoms with Crippen LogP contribution in [0.25, 0.3) is 0 Å². The van der Waals surface area contributed by atoms with Gasteiger partial charge in [-0.05, 0) is 43.4 Å². The summed E-state index contributed by atoms with van der Waals surface area (Å²) in [5, 5.41) is 12.1. The molecule has 3 rings (SSSR count). The molecule has 0 atom stereocenters. The largest absolute Gasteiger partial charge is 0.355 e. The van der Waals surface area contributed by atoms with Crippen molar-refractivity contribution in [2.45, 2.75) is 26.7 Å². The van der Waals surface area contributed by atoms with Gasteiger partial charge in [0, 0.05) is 23.8 Å². The predicted octanol–water partition coefficient (Wildman–Crippen LogP) is 3.81. The maximum Gasteiger partial charge on any atom is 0.249 e. The van der Waals surface area contributed by atoms with E-state index in [2.05, 4.69) is 32.3 Å². The lowest BCUT2D eigenvalue weighted by atomic mass is 9.99. The summed E-state index contributed by atoms with van der Waals surface area (Å²) in [5.74, 6) is 2.17. The Labute approximate surface area is 135 Å². The van der Waals surface area contributed by atoms with Crippen molar-refractivity contribution >= 4 is 29.1 Å². The van der Waals surface area contributed by atoms with E-state index in [1.807, 2.05) is 25.1 Å². The third kappa shape index (κ3) is 3.30. The van der Waals surface area contributed by atoms with Gasteiger partial charge < -0.3 is 10.2 Å². The molecule has 1 saturated heterocycles. The van der Waals surface area contributed by atoms with Crippen LogP contribution in [0.15, 0.2) is 24.4 Å². The molecule has 22 heavy (non-hydrogen) atoms. The first-order valence-electron chi connectivity index (χ1n) is 7.60. The summed E-state index contributed by atoms with van der Waals surface area (Å²) < 4.78 is 0. The van der Waals surface area contributed by atoms with Crippen molar-refractivity contribution in [1.82, 2.24) is 15.2 Å². The average molecular weight is 318 g/mol. The number of benzene rings is 1. The topological polar surface area (TPSA) is 53.9 Å². The number of nitrogens with zero attached hydrogens (tertiary/aromatic N) is 4. The van der Waals surface area contributed by atoms with Crippen LogP contribution in [-0.4, -0.2) is 28.3 Å². The van der Waals surface area contributed by atoms with Crippen molar-refractivity contribution in [3.8, 4) is 0 Å². The SMILES string of the molecule is Cc1c(Cl)cccc1Nc1nncc(N2CCC(C)CC2)n1. The minimum atomic E-state index is 0.501. The van der Waals surface area contributed by atoms with Crippen molar-refractivity contribution in [3.05, 3.63) is 35.0 Å². The fourth-order valence-electron chi connectivity index (χ4n) is 2.60. The van der Waals surface area contributed by atoms with Crippen LogP contribution in [0.1, 0.15) is 25.3 Å². The average Bonchev–Trinajstić information content (AvgIpc) is 2.53. The second-order valence-electron chi connectivity index (χ2n) is 5.85. The molecule has 6 heteroatoms. The summed E-state index contributed by atoms with van der Waals surface area (Å²) in [7, 11) is 0. The molecule has 1 fully saturated rings. The summed E-state index contributed by atoms with van der Waals surface area (Å²) in [5.41, 5.74) is 1.88. The molecule has 0 bridgehead atoms. The Balaban J connectivity index is 1.78. The summed E-state index contributed by atoms with van der Waals surface area (Å²) in [6.07, 6.45) is 4.12. The molecule has 1 aliphatic heterocycles. The summed E-state index contributed by atoms with van der Waals surface area (Å²) in [6, 6.07) is 5.73. The predicted molar refractivity (Wildman–Crippen MR) is 89.9 cm³/mol. The van der Waals surface area contributed by atoms with Gasteiger partial charge in [-0.25, -0.2) is 0 Å². The van der Waals surface area contributed by atoms with Crippen LogP contribution in [0.3, 0.4) is 0 Å². The van der Waals surface area contributed by atoms with Gasteiger partial charge in [-0.2, -0.15) is 10.1 Å². The van der Waals surface area contributed by atoms with E-state index < -0.39 is 0 Å². The number of anilines is 3. The Hall–Kier alpha value is -1.88. The van der Waals surface area contributed by atoms with Gasteiger partial charge in [-0.3, -0.25) is 0 Å². The normalized spacial score (nSPS) is 15.9. The van der Waals surface area contributed by atoms with Crippen LogP contribution in [-0.2, 0) is 0 Å². The van der Waals surface area contributed by atoms with Crippen molar-refractivity contribution in [1.29, 1.82) is 0 Å². The Morgan fingerprint density at radius 3 is 2.82 bits per heavy atom. The molecular weight excluding hydrogens is 298 g/mol. The number of hydrogen-bond donors (Lipinski definition) is 1. The van der Waals surface area contributed by atoms with Crippen LogP contribution in [0.4, 0.5) is 17.5 Å². The Bertz CT molecular complexity index is 653. The van der Waals surface area contributed by atoms with E-state index in [0.29, 0.717) is 5.95 Å². The third-order valence-electron chi connectivity index (χ3n) is 4.17. The van der Waals surface area contributed by atoms with Crippen LogP contribution in [0, 0.1) is 12.8 Å². The molecule has 2 heterocycles. The summed E-state index contributed by atoms with van der Waals surface area (Å²) in [6.45, 7) is 6.31. The smallest absolute Gasteiger partial charge is 0.249 e. The van der Waals surface area contributed by atoms with Gasteiger partial charge in [0.25, 0.3) is 0 Å². The van der Waals surface area contributed by atoms with Gasteiger partial charge in [-0.1, -0.05) is 24.6 Å². The van der Waals surface area contributed by atoms with Crippen molar-refractivity contribution in [2.75, 3.05) is 23.3 Å². The fourth-order valence-corrected chi connectivity index (χ4v) is 2.78. The third-order valence-corrected chi connectivity index (χ3v) is 4.58. The standard InChI is InChI=1S/C16H20ClN5/c1-11-6-8-22(9-7-11)15-10-18-21-16(20-15)19-14-5-3-4-13(17)12(14)2/h3-5,10-11H,6-9H2,1-2H3,(H,19,20,21). The van der Waals surface area contributed by atoms with Gasteiger partial charge in [0.15, 0.2) is 5.82 Å². The number of rotatable bonds is 3. The number of piperidine rings is 1. The van der Waals surface area contributed by atoms with Crippen molar-refractivity contribution in [2.24, 2.45) is 5.92 Å². The second kappa shape index (κ2) is 6.48. The highest BCUT2D eigenvalue weighted by Gasteiger charge is 2.18. The summed E-state index contributed by atoms with van der Waals surface area (Å²) >= 11 is 6.14. The first kappa shape index (κ1) is 15.0. The molecule has 1 aliphatic rings. The van der Waals surface area contributed by atoms with Crippen LogP contribution in [0.5, 0.6) is 0 Å². The molecule has 0 radical (unpaired) electrons. The molecule has 0 unspecified atom stereocenters. The lowest BCUT2D eigenvalue weighted by molar-refractivity contribution is 0.436. The zero-order valence-electron chi connectivity index (χ0n) is 12.9. The maximum atomic E-state index is 6.14. The molecule has 116 valence electrons. The molecule has 1 N–H and O–H groups in total. The van der Waals surface area contributed by atoms with Gasteiger partial charge >= 0.3 is 0 Å². The molecule has 1 aromatic heterocycles. The van der Waals surface area contributed by atoms with E-state index in [-0.39, 0.29) is 0 Å². The van der Waals surface area contributed by atoms with E-state index in [1.165, 1.54) is 12.8 Å². The number of aromatic nitrogens is 3. The van der Waals surface area contributed by atoms with E-state index in [1.54, 1.807) is 6.20 Å². The number of hydrogen-bond acceptors (Lipinski definition) is 5. The zero-order chi connectivity index (χ0) is 15.5. The van der Waals surface area contributed by atoms with E-state index in [9.17, 15) is 0 Å². The van der Waals surface area contributed by atoms with Gasteiger partial charge in [-0.15, -0.1) is 5.10 Å². The number of nitrogens with one attached hydrogen (secondary N) is 1. The van der Waals surface area contributed by atoms with E-state index in [0.717, 1.165) is 41.1 Å². The Morgan fingerprint density at radius 2 is 2.05 bits per heavy atom. The molecule has 2 aromatic rings. The highest BCUT2D eigenvalue weighted by Crippen LogP contribution is 2.26. The first-order valence-corrected chi connectivity index (χ1v) is 7.98. The maximum absolute atomic E-state index is 6.14. The molecule has 1 aromatic carbocycles. The molecule has 5 nitrogen and oxygen atoms in total. The highest BCUT2D eigenvalue weighted by molar-refractivity contribution is 6.31. The number of halogens is 1. The molecule has 0 aliphatic carbocycles. The molecule has 0 amide bonds. The minimum Gasteiger partial charge on any atom is -0.355 e. The van der Waals surface area contributed by atoms with Crippen LogP contribution < -0.4 is 10.2 Å². The molecule has 0 saturated carbocycles. The lowest BCUT2D eigenvalue weighted by Crippen LogP contribution is -2.33.